The van der Waals surface area contributed by atoms with Crippen molar-refractivity contribution in [3.05, 3.63) is 24.3 Å². The fourth-order valence-electron chi connectivity index (χ4n) is 1.19. The zero-order valence-corrected chi connectivity index (χ0v) is 6.85. The molecular formula is C9H13Cl. The summed E-state index contributed by atoms with van der Waals surface area (Å²) in [5, 5.41) is 0. The molecule has 0 fully saturated rings. The molecule has 0 radical (unpaired) electrons. The van der Waals surface area contributed by atoms with Crippen LogP contribution in [0.15, 0.2) is 24.3 Å². The van der Waals surface area contributed by atoms with Crippen molar-refractivity contribution in [2.24, 2.45) is 5.92 Å². The molecule has 0 aromatic rings. The Bertz CT molecular complexity index is 136. The van der Waals surface area contributed by atoms with Gasteiger partial charge in [-0.2, -0.15) is 0 Å². The van der Waals surface area contributed by atoms with Gasteiger partial charge in [-0.1, -0.05) is 24.3 Å². The summed E-state index contributed by atoms with van der Waals surface area (Å²) in [7, 11) is 0. The Morgan fingerprint density at radius 3 is 2.90 bits per heavy atom. The van der Waals surface area contributed by atoms with E-state index in [-0.39, 0.29) is 0 Å². The summed E-state index contributed by atoms with van der Waals surface area (Å²) >= 11 is 5.58. The van der Waals surface area contributed by atoms with E-state index in [1.54, 1.807) is 0 Å². The molecule has 0 nitrogen and oxygen atoms in total. The van der Waals surface area contributed by atoms with E-state index in [1.807, 2.05) is 0 Å². The first-order chi connectivity index (χ1) is 4.93. The molecule has 1 rings (SSSR count). The molecule has 0 spiro atoms. The van der Waals surface area contributed by atoms with Gasteiger partial charge in [0.2, 0.25) is 0 Å². The Morgan fingerprint density at radius 2 is 2.30 bits per heavy atom. The van der Waals surface area contributed by atoms with Crippen molar-refractivity contribution in [2.45, 2.75) is 19.3 Å². The number of hydrogen-bond donors (Lipinski definition) is 0. The first-order valence-corrected chi connectivity index (χ1v) is 4.36. The number of rotatable bonds is 3. The average Bonchev–Trinajstić information content (AvgIpc) is 2.03. The molecule has 0 amide bonds. The fraction of sp³-hybridized carbons (Fsp3) is 0.556. The van der Waals surface area contributed by atoms with Gasteiger partial charge >= 0.3 is 0 Å². The lowest BCUT2D eigenvalue weighted by molar-refractivity contribution is 0.586. The zero-order chi connectivity index (χ0) is 7.23. The van der Waals surface area contributed by atoms with Gasteiger partial charge in [-0.25, -0.2) is 0 Å². The highest BCUT2D eigenvalue weighted by molar-refractivity contribution is 6.17. The van der Waals surface area contributed by atoms with Gasteiger partial charge in [-0.15, -0.1) is 11.6 Å². The highest BCUT2D eigenvalue weighted by Crippen LogP contribution is 2.17. The van der Waals surface area contributed by atoms with Crippen molar-refractivity contribution in [3.63, 3.8) is 0 Å². The number of alkyl halides is 1. The van der Waals surface area contributed by atoms with Gasteiger partial charge in [0.1, 0.15) is 0 Å². The Hall–Kier alpha value is -0.230. The lowest BCUT2D eigenvalue weighted by Crippen LogP contribution is -1.97. The quantitative estimate of drug-likeness (QED) is 0.551. The number of halogens is 1. The molecular weight excluding hydrogens is 144 g/mol. The van der Waals surface area contributed by atoms with Crippen molar-refractivity contribution in [3.8, 4) is 0 Å². The molecule has 1 aliphatic rings. The first-order valence-electron chi connectivity index (χ1n) is 3.83. The first kappa shape index (κ1) is 7.87. The van der Waals surface area contributed by atoms with Crippen LogP contribution in [-0.2, 0) is 0 Å². The molecule has 1 aliphatic carbocycles. The topological polar surface area (TPSA) is 0 Å². The van der Waals surface area contributed by atoms with Crippen LogP contribution in [0.3, 0.4) is 0 Å². The van der Waals surface area contributed by atoms with Gasteiger partial charge in [0, 0.05) is 5.88 Å². The predicted octanol–water partition coefficient (Wildman–Crippen LogP) is 3.14. The van der Waals surface area contributed by atoms with Gasteiger partial charge in [-0.3, -0.25) is 0 Å². The Labute approximate surface area is 67.6 Å². The van der Waals surface area contributed by atoms with E-state index in [2.05, 4.69) is 24.3 Å². The van der Waals surface area contributed by atoms with Crippen LogP contribution in [0.1, 0.15) is 19.3 Å². The van der Waals surface area contributed by atoms with Crippen LogP contribution < -0.4 is 0 Å². The third-order valence-electron chi connectivity index (χ3n) is 1.78. The minimum atomic E-state index is 0.753. The summed E-state index contributed by atoms with van der Waals surface area (Å²) in [4.78, 5) is 0. The molecule has 0 saturated carbocycles. The Kier molecular flexibility index (Phi) is 3.59. The van der Waals surface area contributed by atoms with Gasteiger partial charge in [0.05, 0.1) is 0 Å². The standard InChI is InChI=1S/C9H13Cl/c10-8-4-7-9-5-2-1-3-6-9/h1-3,5,9H,4,6-8H2. The van der Waals surface area contributed by atoms with E-state index in [0.29, 0.717) is 0 Å². The van der Waals surface area contributed by atoms with Gasteiger partial charge < -0.3 is 0 Å². The Morgan fingerprint density at radius 1 is 1.40 bits per heavy atom. The molecule has 10 heavy (non-hydrogen) atoms. The van der Waals surface area contributed by atoms with Gasteiger partial charge in [0.15, 0.2) is 0 Å². The molecule has 56 valence electrons. The molecule has 1 unspecified atom stereocenters. The van der Waals surface area contributed by atoms with E-state index < -0.39 is 0 Å². The maximum atomic E-state index is 5.58. The van der Waals surface area contributed by atoms with E-state index in [1.165, 1.54) is 12.8 Å². The van der Waals surface area contributed by atoms with E-state index in [4.69, 9.17) is 11.6 Å². The van der Waals surface area contributed by atoms with Crippen molar-refractivity contribution in [1.29, 1.82) is 0 Å². The van der Waals surface area contributed by atoms with E-state index in [9.17, 15) is 0 Å². The number of hydrogen-bond acceptors (Lipinski definition) is 0. The maximum absolute atomic E-state index is 5.58. The average molecular weight is 157 g/mol. The van der Waals surface area contributed by atoms with Crippen molar-refractivity contribution in [2.75, 3.05) is 5.88 Å². The molecule has 1 atom stereocenters. The highest BCUT2D eigenvalue weighted by Gasteiger charge is 2.02. The molecule has 0 bridgehead atoms. The smallest absolute Gasteiger partial charge is 0.0223 e. The second-order valence-electron chi connectivity index (χ2n) is 2.64. The summed E-state index contributed by atoms with van der Waals surface area (Å²) < 4.78 is 0. The third-order valence-corrected chi connectivity index (χ3v) is 2.05. The summed E-state index contributed by atoms with van der Waals surface area (Å²) in [6, 6.07) is 0. The second-order valence-corrected chi connectivity index (χ2v) is 3.02. The van der Waals surface area contributed by atoms with Crippen molar-refractivity contribution in [1.82, 2.24) is 0 Å². The molecule has 0 heterocycles. The lowest BCUT2D eigenvalue weighted by Gasteiger charge is -2.10. The van der Waals surface area contributed by atoms with E-state index in [0.717, 1.165) is 18.2 Å². The van der Waals surface area contributed by atoms with Gasteiger partial charge in [0.25, 0.3) is 0 Å². The largest absolute Gasteiger partial charge is 0.127 e. The normalized spacial score (nSPS) is 23.5. The Balaban J connectivity index is 2.17. The molecule has 0 aromatic heterocycles. The molecule has 0 aliphatic heterocycles. The summed E-state index contributed by atoms with van der Waals surface area (Å²) in [5.41, 5.74) is 0. The number of allylic oxidation sites excluding steroid dienone is 4. The molecule has 1 heteroatoms. The van der Waals surface area contributed by atoms with Crippen LogP contribution in [0.2, 0.25) is 0 Å². The fourth-order valence-corrected chi connectivity index (χ4v) is 1.34. The summed E-state index contributed by atoms with van der Waals surface area (Å²) in [6.45, 7) is 0. The van der Waals surface area contributed by atoms with Crippen molar-refractivity contribution >= 4 is 11.6 Å². The zero-order valence-electron chi connectivity index (χ0n) is 6.09. The van der Waals surface area contributed by atoms with Crippen LogP contribution in [0, 0.1) is 5.92 Å². The molecule has 0 N–H and O–H groups in total. The SMILES string of the molecule is ClCCCC1C=CC=CC1. The van der Waals surface area contributed by atoms with Crippen LogP contribution in [0.25, 0.3) is 0 Å². The summed E-state index contributed by atoms with van der Waals surface area (Å²) in [5.74, 6) is 1.55. The maximum Gasteiger partial charge on any atom is 0.0223 e. The van der Waals surface area contributed by atoms with Crippen LogP contribution in [0.5, 0.6) is 0 Å². The molecule has 0 saturated heterocycles. The highest BCUT2D eigenvalue weighted by atomic mass is 35.5. The summed E-state index contributed by atoms with van der Waals surface area (Å²) in [6.07, 6.45) is 12.3. The van der Waals surface area contributed by atoms with Crippen LogP contribution in [-0.4, -0.2) is 5.88 Å². The van der Waals surface area contributed by atoms with Crippen LogP contribution in [0.4, 0.5) is 0 Å². The second kappa shape index (κ2) is 4.56. The van der Waals surface area contributed by atoms with Crippen molar-refractivity contribution < 1.29 is 0 Å². The third kappa shape index (κ3) is 2.57. The molecule has 0 aromatic carbocycles. The van der Waals surface area contributed by atoms with Gasteiger partial charge in [-0.05, 0) is 25.2 Å². The minimum Gasteiger partial charge on any atom is -0.127 e. The minimum absolute atomic E-state index is 0.753. The van der Waals surface area contributed by atoms with Crippen LogP contribution >= 0.6 is 11.6 Å². The lowest BCUT2D eigenvalue weighted by atomic mass is 9.96. The monoisotopic (exact) mass is 156 g/mol. The van der Waals surface area contributed by atoms with E-state index >= 15 is 0 Å². The predicted molar refractivity (Wildman–Crippen MR) is 46.3 cm³/mol.